The lowest BCUT2D eigenvalue weighted by Gasteiger charge is -2.14. The molecule has 208 valence electrons. The number of unbranched alkanes of at least 4 members (excludes halogenated alkanes) is 7. The summed E-state index contributed by atoms with van der Waals surface area (Å²) < 4.78 is 9.80. The van der Waals surface area contributed by atoms with Crippen LogP contribution in [0.4, 0.5) is 9.80 Å². The van der Waals surface area contributed by atoms with Crippen LogP contribution in [0.25, 0.3) is 0 Å². The predicted molar refractivity (Wildman–Crippen MR) is 156 cm³/mol. The van der Waals surface area contributed by atoms with Gasteiger partial charge in [-0.3, -0.25) is 10.1 Å². The zero-order valence-corrected chi connectivity index (χ0v) is 24.4. The summed E-state index contributed by atoms with van der Waals surface area (Å²) in [5.74, 6) is 0. The summed E-state index contributed by atoms with van der Waals surface area (Å²) >= 11 is 1.65. The summed E-state index contributed by atoms with van der Waals surface area (Å²) in [7, 11) is 0. The minimum Gasteiger partial charge on any atom is -0.462 e. The number of benzene rings is 1. The number of carbonyl (C=O) groups is 2. The zero-order valence-electron chi connectivity index (χ0n) is 23.6. The van der Waals surface area contributed by atoms with Gasteiger partial charge in [0.05, 0.1) is 5.00 Å². The molecule has 0 spiro atoms. The van der Waals surface area contributed by atoms with Crippen LogP contribution in [0.3, 0.4) is 0 Å². The summed E-state index contributed by atoms with van der Waals surface area (Å²) in [4.78, 5) is 22.8. The van der Waals surface area contributed by atoms with Crippen molar-refractivity contribution in [2.24, 2.45) is 0 Å². The first kappa shape index (κ1) is 32.7. The summed E-state index contributed by atoms with van der Waals surface area (Å²) in [6.07, 6.45) is 17.4. The van der Waals surface area contributed by atoms with E-state index >= 15 is 0 Å². The third-order valence-corrected chi connectivity index (χ3v) is 6.84. The van der Waals surface area contributed by atoms with E-state index in [0.29, 0.717) is 13.1 Å². The van der Waals surface area contributed by atoms with Crippen molar-refractivity contribution in [2.45, 2.75) is 123 Å². The molecule has 3 rings (SSSR count). The summed E-state index contributed by atoms with van der Waals surface area (Å²) in [6, 6.07) is 13.8. The lowest BCUT2D eigenvalue weighted by Crippen LogP contribution is -2.17. The van der Waals surface area contributed by atoms with E-state index in [1.807, 2.05) is 57.2 Å². The maximum Gasteiger partial charge on any atom is 0.412 e. The van der Waals surface area contributed by atoms with E-state index < -0.39 is 6.09 Å². The number of hydrogen-bond acceptors (Lipinski definition) is 5. The van der Waals surface area contributed by atoms with Crippen LogP contribution >= 0.6 is 11.3 Å². The molecule has 1 aromatic carbocycles. The predicted octanol–water partition coefficient (Wildman–Crippen LogP) is 9.70. The lowest BCUT2D eigenvalue weighted by atomic mass is 10.0. The average molecular weight is 532 g/mol. The third-order valence-electron chi connectivity index (χ3n) is 5.78. The van der Waals surface area contributed by atoms with Crippen LogP contribution in [0.15, 0.2) is 42.5 Å². The van der Waals surface area contributed by atoms with Crippen molar-refractivity contribution in [2.75, 3.05) is 5.32 Å². The highest BCUT2D eigenvalue weighted by Gasteiger charge is 2.08. The van der Waals surface area contributed by atoms with Gasteiger partial charge in [0.15, 0.2) is 0 Å². The first-order valence-corrected chi connectivity index (χ1v) is 14.8. The Morgan fingerprint density at radius 1 is 0.892 bits per heavy atom. The fraction of sp³-hybridized carbons (Fsp3) is 0.613. The van der Waals surface area contributed by atoms with Crippen molar-refractivity contribution < 1.29 is 19.1 Å². The van der Waals surface area contributed by atoms with Crippen molar-refractivity contribution in [3.63, 3.8) is 0 Å². The van der Waals surface area contributed by atoms with Crippen molar-refractivity contribution >= 4 is 28.9 Å². The number of amides is 1. The highest BCUT2D eigenvalue weighted by molar-refractivity contribution is 7.16. The van der Waals surface area contributed by atoms with Gasteiger partial charge in [-0.15, -0.1) is 11.3 Å². The number of hydrogen-bond donors (Lipinski definition) is 1. The largest absolute Gasteiger partial charge is 0.462 e. The quantitative estimate of drug-likeness (QED) is 0.206. The molecule has 0 aliphatic heterocycles. The molecular weight excluding hydrogens is 482 g/mol. The van der Waals surface area contributed by atoms with Gasteiger partial charge >= 0.3 is 6.09 Å². The Morgan fingerprint density at radius 2 is 1.49 bits per heavy atom. The van der Waals surface area contributed by atoms with Crippen LogP contribution in [-0.2, 0) is 27.3 Å². The first-order valence-electron chi connectivity index (χ1n) is 14.0. The smallest absolute Gasteiger partial charge is 0.412 e. The van der Waals surface area contributed by atoms with Crippen molar-refractivity contribution in [3.8, 4) is 0 Å². The van der Waals surface area contributed by atoms with Gasteiger partial charge in [-0.1, -0.05) is 108 Å². The maximum absolute atomic E-state index is 11.9. The molecule has 1 heterocycles. The molecule has 6 heteroatoms. The second-order valence-electron chi connectivity index (χ2n) is 10.4. The van der Waals surface area contributed by atoms with E-state index in [0.717, 1.165) is 17.0 Å². The fourth-order valence-electron chi connectivity index (χ4n) is 3.27. The normalized spacial score (nSPS) is 12.1. The van der Waals surface area contributed by atoms with Gasteiger partial charge in [0.1, 0.15) is 12.2 Å². The Kier molecular flexibility index (Phi) is 18.3. The molecule has 5 nitrogen and oxygen atoms in total. The van der Waals surface area contributed by atoms with Gasteiger partial charge in [-0.25, -0.2) is 4.79 Å². The average Bonchev–Trinajstić information content (AvgIpc) is 3.26. The van der Waals surface area contributed by atoms with Crippen molar-refractivity contribution in [3.05, 3.63) is 52.9 Å². The van der Waals surface area contributed by atoms with E-state index in [-0.39, 0.29) is 5.60 Å². The third kappa shape index (κ3) is 19.4. The van der Waals surface area contributed by atoms with E-state index in [1.54, 1.807) is 11.3 Å². The Bertz CT molecular complexity index is 821. The Labute approximate surface area is 229 Å². The van der Waals surface area contributed by atoms with E-state index in [1.165, 1.54) is 81.9 Å². The molecule has 0 radical (unpaired) electrons. The molecule has 0 bridgehead atoms. The molecule has 1 aliphatic carbocycles. The van der Waals surface area contributed by atoms with Gasteiger partial charge in [-0.05, 0) is 51.3 Å². The molecule has 1 saturated carbocycles. The molecule has 0 saturated heterocycles. The molecule has 2 aromatic rings. The molecule has 1 aromatic heterocycles. The van der Waals surface area contributed by atoms with Crippen LogP contribution in [0.5, 0.6) is 0 Å². The Balaban J connectivity index is 0.000000514. The van der Waals surface area contributed by atoms with Crippen LogP contribution in [0, 0.1) is 0 Å². The minimum absolute atomic E-state index is 0.295. The molecule has 1 amide bonds. The summed E-state index contributed by atoms with van der Waals surface area (Å²) in [6.45, 7) is 8.47. The van der Waals surface area contributed by atoms with E-state index in [4.69, 9.17) is 4.74 Å². The van der Waals surface area contributed by atoms with Gasteiger partial charge in [0.25, 0.3) is 6.47 Å². The SMILES string of the molecule is C1CCC1.CC(C)(C)OC=O.CCCCCCCCCCc1ccc(NC(=O)OCc2ccccc2)s1. The molecule has 1 fully saturated rings. The van der Waals surface area contributed by atoms with E-state index in [9.17, 15) is 9.59 Å². The molecular formula is C31H49NO4S. The molecule has 1 N–H and O–H groups in total. The minimum atomic E-state index is -0.394. The lowest BCUT2D eigenvalue weighted by molar-refractivity contribution is -0.138. The zero-order chi connectivity index (χ0) is 27.2. The number of nitrogens with one attached hydrogen (secondary N) is 1. The standard InChI is InChI=1S/C22H31NO2S.C5H10O2.C4H8/c1-2-3-4-5-6-7-8-12-15-20-16-17-21(26-20)23-22(24)25-18-19-13-10-9-11-14-19;1-5(2,3)7-4-6;1-2-4-3-1/h9-11,13-14,16-17H,2-8,12,15,18H2,1H3,(H,23,24);4H,1-3H3;1-4H2. The van der Waals surface area contributed by atoms with Crippen LogP contribution in [-0.4, -0.2) is 18.2 Å². The van der Waals surface area contributed by atoms with Gasteiger partial charge in [0, 0.05) is 4.88 Å². The highest BCUT2D eigenvalue weighted by Crippen LogP contribution is 2.24. The molecule has 0 unspecified atom stereocenters. The van der Waals surface area contributed by atoms with Gasteiger partial charge in [0.2, 0.25) is 0 Å². The number of ether oxygens (including phenoxy) is 2. The monoisotopic (exact) mass is 531 g/mol. The van der Waals surface area contributed by atoms with Crippen LogP contribution < -0.4 is 5.32 Å². The molecule has 37 heavy (non-hydrogen) atoms. The highest BCUT2D eigenvalue weighted by atomic mass is 32.1. The second kappa shape index (κ2) is 20.7. The maximum atomic E-state index is 11.9. The topological polar surface area (TPSA) is 64.6 Å². The number of thiophene rings is 1. The van der Waals surface area contributed by atoms with Crippen LogP contribution in [0.1, 0.15) is 115 Å². The van der Waals surface area contributed by atoms with Crippen molar-refractivity contribution in [1.29, 1.82) is 0 Å². The van der Waals surface area contributed by atoms with E-state index in [2.05, 4.69) is 23.0 Å². The summed E-state index contributed by atoms with van der Waals surface area (Å²) in [5.41, 5.74) is 0.672. The molecule has 0 atom stereocenters. The first-order chi connectivity index (χ1) is 17.8. The fourth-order valence-corrected chi connectivity index (χ4v) is 4.20. The number of rotatable bonds is 13. The summed E-state index contributed by atoms with van der Waals surface area (Å²) in [5, 5.41) is 3.68. The number of anilines is 1. The number of aryl methyl sites for hydroxylation is 1. The Morgan fingerprint density at radius 3 is 2.00 bits per heavy atom. The van der Waals surface area contributed by atoms with Gasteiger partial charge < -0.3 is 9.47 Å². The Hall–Kier alpha value is -2.34. The van der Waals surface area contributed by atoms with Gasteiger partial charge in [-0.2, -0.15) is 0 Å². The van der Waals surface area contributed by atoms with Crippen LogP contribution in [0.2, 0.25) is 0 Å². The number of carbonyl (C=O) groups excluding carboxylic acids is 2. The molecule has 1 aliphatic rings. The van der Waals surface area contributed by atoms with Crippen molar-refractivity contribution in [1.82, 2.24) is 0 Å². The second-order valence-corrected chi connectivity index (χ2v) is 11.6.